The lowest BCUT2D eigenvalue weighted by Gasteiger charge is -2.09. The molecule has 100 valence electrons. The fourth-order valence-corrected chi connectivity index (χ4v) is 2.38. The molecule has 0 saturated carbocycles. The Morgan fingerprint density at radius 2 is 1.89 bits per heavy atom. The van der Waals surface area contributed by atoms with Gasteiger partial charge in [0.15, 0.2) is 0 Å². The van der Waals surface area contributed by atoms with Gasteiger partial charge in [0.1, 0.15) is 11.6 Å². The molecule has 0 fully saturated rings. The Hall–Kier alpha value is -1.10. The van der Waals surface area contributed by atoms with E-state index in [4.69, 9.17) is 11.6 Å². The van der Waals surface area contributed by atoms with Gasteiger partial charge in [-0.3, -0.25) is 0 Å². The Morgan fingerprint density at radius 1 is 1.16 bits per heavy atom. The normalized spacial score (nSPS) is 10.7. The highest BCUT2D eigenvalue weighted by Crippen LogP contribution is 2.26. The summed E-state index contributed by atoms with van der Waals surface area (Å²) in [6.07, 6.45) is 0. The number of benzene rings is 2. The molecule has 19 heavy (non-hydrogen) atoms. The third-order valence-corrected chi connectivity index (χ3v) is 3.88. The van der Waals surface area contributed by atoms with E-state index in [-0.39, 0.29) is 11.6 Å². The molecule has 0 spiro atoms. The minimum absolute atomic E-state index is 0.0731. The second-order valence-corrected chi connectivity index (χ2v) is 5.32. The van der Waals surface area contributed by atoms with E-state index in [2.05, 4.69) is 21.2 Å². The van der Waals surface area contributed by atoms with Gasteiger partial charge in [0, 0.05) is 17.6 Å². The van der Waals surface area contributed by atoms with Crippen LogP contribution in [0, 0.1) is 5.82 Å². The standard InChI is InChI=1S/C14H12BrClFNO/c15-12-6-11(17)5-4-9(12)7-18-8-10-2-1-3-13(19)14(10)16/h1-6,18-19H,7-8H2. The molecule has 0 aromatic heterocycles. The van der Waals surface area contributed by atoms with Crippen molar-refractivity contribution in [3.63, 3.8) is 0 Å². The average molecular weight is 345 g/mol. The van der Waals surface area contributed by atoms with Crippen molar-refractivity contribution in [3.05, 3.63) is 62.8 Å². The number of phenols is 1. The Labute approximate surface area is 124 Å². The molecule has 2 nitrogen and oxygen atoms in total. The van der Waals surface area contributed by atoms with Crippen LogP contribution in [0.15, 0.2) is 40.9 Å². The van der Waals surface area contributed by atoms with E-state index >= 15 is 0 Å². The molecule has 5 heteroatoms. The maximum Gasteiger partial charge on any atom is 0.134 e. The second-order valence-electron chi connectivity index (χ2n) is 4.09. The van der Waals surface area contributed by atoms with Gasteiger partial charge in [-0.05, 0) is 29.3 Å². The molecule has 2 N–H and O–H groups in total. The fourth-order valence-electron chi connectivity index (χ4n) is 1.70. The molecule has 0 saturated heterocycles. The Bertz CT molecular complexity index is 592. The van der Waals surface area contributed by atoms with E-state index < -0.39 is 0 Å². The number of phenolic OH excluding ortho intramolecular Hbond substituents is 1. The monoisotopic (exact) mass is 343 g/mol. The zero-order valence-electron chi connectivity index (χ0n) is 9.96. The van der Waals surface area contributed by atoms with Crippen molar-refractivity contribution >= 4 is 27.5 Å². The first-order valence-corrected chi connectivity index (χ1v) is 6.86. The Kier molecular flexibility index (Phi) is 4.80. The van der Waals surface area contributed by atoms with E-state index in [1.165, 1.54) is 12.1 Å². The summed E-state index contributed by atoms with van der Waals surface area (Å²) in [5.74, 6) is -0.199. The van der Waals surface area contributed by atoms with Crippen LogP contribution in [0.2, 0.25) is 5.02 Å². The van der Waals surface area contributed by atoms with E-state index in [1.54, 1.807) is 18.2 Å². The van der Waals surface area contributed by atoms with Crippen molar-refractivity contribution in [2.45, 2.75) is 13.1 Å². The third-order valence-electron chi connectivity index (χ3n) is 2.70. The first-order valence-electron chi connectivity index (χ1n) is 5.69. The summed E-state index contributed by atoms with van der Waals surface area (Å²) in [4.78, 5) is 0. The molecule has 2 rings (SSSR count). The summed E-state index contributed by atoms with van der Waals surface area (Å²) in [7, 11) is 0. The predicted octanol–water partition coefficient (Wildman–Crippen LogP) is 4.24. The highest BCUT2D eigenvalue weighted by Gasteiger charge is 2.05. The van der Waals surface area contributed by atoms with E-state index in [1.807, 2.05) is 6.07 Å². The first-order chi connectivity index (χ1) is 9.08. The molecular formula is C14H12BrClFNO. The number of hydrogen-bond acceptors (Lipinski definition) is 2. The molecule has 0 aliphatic heterocycles. The topological polar surface area (TPSA) is 32.3 Å². The van der Waals surface area contributed by atoms with Gasteiger partial charge >= 0.3 is 0 Å². The van der Waals surface area contributed by atoms with Crippen molar-refractivity contribution in [2.75, 3.05) is 0 Å². The maximum atomic E-state index is 12.9. The van der Waals surface area contributed by atoms with Crippen LogP contribution in [0.4, 0.5) is 4.39 Å². The van der Waals surface area contributed by atoms with Crippen molar-refractivity contribution in [2.24, 2.45) is 0 Å². The lowest BCUT2D eigenvalue weighted by molar-refractivity contribution is 0.474. The number of rotatable bonds is 4. The van der Waals surface area contributed by atoms with Crippen LogP contribution in [0.25, 0.3) is 0 Å². The summed E-state index contributed by atoms with van der Waals surface area (Å²) >= 11 is 9.29. The third kappa shape index (κ3) is 3.69. The quantitative estimate of drug-likeness (QED) is 0.869. The maximum absolute atomic E-state index is 12.9. The lowest BCUT2D eigenvalue weighted by atomic mass is 10.2. The summed E-state index contributed by atoms with van der Waals surface area (Å²) in [6, 6.07) is 9.70. The molecular weight excluding hydrogens is 333 g/mol. The largest absolute Gasteiger partial charge is 0.506 e. The Balaban J connectivity index is 1.98. The number of hydrogen-bond donors (Lipinski definition) is 2. The van der Waals surface area contributed by atoms with Gasteiger partial charge in [-0.2, -0.15) is 0 Å². The molecule has 0 aliphatic rings. The summed E-state index contributed by atoms with van der Waals surface area (Å²) in [5, 5.41) is 13.0. The van der Waals surface area contributed by atoms with E-state index in [0.717, 1.165) is 15.6 Å². The zero-order valence-corrected chi connectivity index (χ0v) is 12.3. The van der Waals surface area contributed by atoms with Gasteiger partial charge in [0.2, 0.25) is 0 Å². The molecule has 0 unspecified atom stereocenters. The summed E-state index contributed by atoms with van der Waals surface area (Å²) in [6.45, 7) is 1.10. The van der Waals surface area contributed by atoms with Crippen LogP contribution in [-0.4, -0.2) is 5.11 Å². The van der Waals surface area contributed by atoms with Crippen molar-refractivity contribution in [1.82, 2.24) is 5.32 Å². The van der Waals surface area contributed by atoms with E-state index in [0.29, 0.717) is 18.1 Å². The zero-order chi connectivity index (χ0) is 13.8. The Morgan fingerprint density at radius 3 is 2.63 bits per heavy atom. The highest BCUT2D eigenvalue weighted by molar-refractivity contribution is 9.10. The van der Waals surface area contributed by atoms with Crippen molar-refractivity contribution < 1.29 is 9.50 Å². The van der Waals surface area contributed by atoms with Crippen LogP contribution >= 0.6 is 27.5 Å². The molecule has 0 heterocycles. The summed E-state index contributed by atoms with van der Waals surface area (Å²) < 4.78 is 13.7. The van der Waals surface area contributed by atoms with Gasteiger partial charge in [-0.1, -0.05) is 45.7 Å². The van der Waals surface area contributed by atoms with Gasteiger partial charge in [0.05, 0.1) is 5.02 Å². The number of nitrogens with one attached hydrogen (secondary N) is 1. The summed E-state index contributed by atoms with van der Waals surface area (Å²) in [5.41, 5.74) is 1.78. The molecule has 2 aromatic rings. The minimum Gasteiger partial charge on any atom is -0.506 e. The van der Waals surface area contributed by atoms with Gasteiger partial charge in [-0.25, -0.2) is 4.39 Å². The van der Waals surface area contributed by atoms with Crippen molar-refractivity contribution in [1.29, 1.82) is 0 Å². The molecule has 0 atom stereocenters. The highest BCUT2D eigenvalue weighted by atomic mass is 79.9. The lowest BCUT2D eigenvalue weighted by Crippen LogP contribution is -2.13. The fraction of sp³-hybridized carbons (Fsp3) is 0.143. The minimum atomic E-state index is -0.272. The average Bonchev–Trinajstić information content (AvgIpc) is 2.37. The SMILES string of the molecule is Oc1cccc(CNCc2ccc(F)cc2Br)c1Cl. The van der Waals surface area contributed by atoms with Crippen LogP contribution in [0.1, 0.15) is 11.1 Å². The van der Waals surface area contributed by atoms with Crippen LogP contribution < -0.4 is 5.32 Å². The van der Waals surface area contributed by atoms with E-state index in [9.17, 15) is 9.50 Å². The first kappa shape index (κ1) is 14.3. The second kappa shape index (κ2) is 6.37. The molecule has 0 radical (unpaired) electrons. The van der Waals surface area contributed by atoms with Gasteiger partial charge in [-0.15, -0.1) is 0 Å². The number of aromatic hydroxyl groups is 1. The van der Waals surface area contributed by atoms with Gasteiger partial charge < -0.3 is 10.4 Å². The van der Waals surface area contributed by atoms with Crippen LogP contribution in [-0.2, 0) is 13.1 Å². The van der Waals surface area contributed by atoms with Crippen LogP contribution in [0.5, 0.6) is 5.75 Å². The predicted molar refractivity (Wildman–Crippen MR) is 77.8 cm³/mol. The molecule has 0 amide bonds. The van der Waals surface area contributed by atoms with Crippen molar-refractivity contribution in [3.8, 4) is 5.75 Å². The molecule has 2 aromatic carbocycles. The van der Waals surface area contributed by atoms with Crippen LogP contribution in [0.3, 0.4) is 0 Å². The van der Waals surface area contributed by atoms with Gasteiger partial charge in [0.25, 0.3) is 0 Å². The number of halogens is 3. The smallest absolute Gasteiger partial charge is 0.134 e. The molecule has 0 bridgehead atoms. The molecule has 0 aliphatic carbocycles.